The van der Waals surface area contributed by atoms with Crippen LogP contribution in [0.4, 0.5) is 0 Å². The second-order valence-electron chi connectivity index (χ2n) is 4.68. The topological polar surface area (TPSA) is 107 Å². The fourth-order valence-electron chi connectivity index (χ4n) is 1.90. The molecule has 23 heavy (non-hydrogen) atoms. The monoisotopic (exact) mass is 326 g/mol. The summed E-state index contributed by atoms with van der Waals surface area (Å²) in [4.78, 5) is 12.1. The molecule has 0 unspecified atom stereocenters. The van der Waals surface area contributed by atoms with Crippen molar-refractivity contribution in [1.29, 1.82) is 5.26 Å². The maximum absolute atomic E-state index is 11.1. The summed E-state index contributed by atoms with van der Waals surface area (Å²) >= 11 is 1.49. The molecule has 2 aromatic carbocycles. The highest BCUT2D eigenvalue weighted by atomic mass is 32.2. The van der Waals surface area contributed by atoms with E-state index in [1.54, 1.807) is 12.1 Å². The van der Waals surface area contributed by atoms with Crippen molar-refractivity contribution in [3.8, 4) is 17.6 Å². The maximum Gasteiger partial charge on any atom is 0.259 e. The number of nitrogens with two attached hydrogens (primary N) is 1. The molecule has 0 saturated carbocycles. The summed E-state index contributed by atoms with van der Waals surface area (Å²) in [6.45, 7) is 0. The second kappa shape index (κ2) is 7.38. The Morgan fingerprint density at radius 1 is 1.26 bits per heavy atom. The molecule has 2 rings (SSSR count). The van der Waals surface area contributed by atoms with Gasteiger partial charge in [0.1, 0.15) is 11.6 Å². The van der Waals surface area contributed by atoms with Gasteiger partial charge in [0.15, 0.2) is 11.5 Å². The van der Waals surface area contributed by atoms with Gasteiger partial charge in [-0.25, -0.2) is 0 Å². The van der Waals surface area contributed by atoms with Crippen molar-refractivity contribution in [3.05, 3.63) is 59.2 Å². The van der Waals surface area contributed by atoms with E-state index < -0.39 is 5.91 Å². The van der Waals surface area contributed by atoms with Crippen LogP contribution in [-0.4, -0.2) is 16.1 Å². The van der Waals surface area contributed by atoms with Crippen molar-refractivity contribution >= 4 is 23.7 Å². The van der Waals surface area contributed by atoms with Gasteiger partial charge in [-0.15, -0.1) is 11.8 Å². The second-order valence-corrected chi connectivity index (χ2v) is 5.73. The molecule has 0 saturated heterocycles. The maximum atomic E-state index is 11.1. The van der Waals surface area contributed by atoms with E-state index >= 15 is 0 Å². The van der Waals surface area contributed by atoms with Crippen LogP contribution in [0.3, 0.4) is 0 Å². The van der Waals surface area contributed by atoms with E-state index in [0.717, 1.165) is 4.90 Å². The normalized spacial score (nSPS) is 11.0. The largest absolute Gasteiger partial charge is 0.504 e. The Labute approximate surface area is 137 Å². The summed E-state index contributed by atoms with van der Waals surface area (Å²) in [5, 5.41) is 28.6. The Kier molecular flexibility index (Phi) is 5.28. The van der Waals surface area contributed by atoms with Gasteiger partial charge in [0.05, 0.1) is 0 Å². The summed E-state index contributed by atoms with van der Waals surface area (Å²) in [5.74, 6) is -0.962. The SMILES string of the molecule is N#C/C(=C\c1cc(O)c(O)c(CSc2ccccc2)c1)C(N)=O. The number of primary amides is 1. The molecule has 0 bridgehead atoms. The number of nitrogens with zero attached hydrogens (tertiary/aromatic N) is 1. The third-order valence-electron chi connectivity index (χ3n) is 3.03. The zero-order valence-corrected chi connectivity index (χ0v) is 12.9. The van der Waals surface area contributed by atoms with E-state index in [-0.39, 0.29) is 17.1 Å². The number of hydrogen-bond donors (Lipinski definition) is 3. The Hall–Kier alpha value is -2.91. The van der Waals surface area contributed by atoms with Crippen molar-refractivity contribution in [2.24, 2.45) is 5.73 Å². The molecule has 5 nitrogen and oxygen atoms in total. The number of rotatable bonds is 5. The summed E-state index contributed by atoms with van der Waals surface area (Å²) in [6.07, 6.45) is 1.28. The van der Waals surface area contributed by atoms with Crippen LogP contribution in [-0.2, 0) is 10.5 Å². The van der Waals surface area contributed by atoms with Crippen LogP contribution in [0.5, 0.6) is 11.5 Å². The number of benzene rings is 2. The molecule has 2 aromatic rings. The van der Waals surface area contributed by atoms with E-state index in [4.69, 9.17) is 11.0 Å². The molecule has 116 valence electrons. The van der Waals surface area contributed by atoms with Crippen molar-refractivity contribution in [3.63, 3.8) is 0 Å². The quantitative estimate of drug-likeness (QED) is 0.339. The minimum Gasteiger partial charge on any atom is -0.504 e. The van der Waals surface area contributed by atoms with Crippen LogP contribution in [0.2, 0.25) is 0 Å². The Bertz CT molecular complexity index is 795. The van der Waals surface area contributed by atoms with E-state index in [1.165, 1.54) is 23.9 Å². The molecule has 1 amide bonds. The minimum absolute atomic E-state index is 0.219. The van der Waals surface area contributed by atoms with E-state index in [9.17, 15) is 15.0 Å². The third-order valence-corrected chi connectivity index (χ3v) is 4.09. The zero-order chi connectivity index (χ0) is 16.8. The first-order chi connectivity index (χ1) is 11.0. The number of amides is 1. The highest BCUT2D eigenvalue weighted by Gasteiger charge is 2.11. The zero-order valence-electron chi connectivity index (χ0n) is 12.1. The Balaban J connectivity index is 2.30. The van der Waals surface area contributed by atoms with Gasteiger partial charge in [-0.3, -0.25) is 4.79 Å². The van der Waals surface area contributed by atoms with Gasteiger partial charge < -0.3 is 15.9 Å². The predicted octanol–water partition coefficient (Wildman–Crippen LogP) is 2.78. The van der Waals surface area contributed by atoms with Crippen LogP contribution >= 0.6 is 11.8 Å². The van der Waals surface area contributed by atoms with Gasteiger partial charge in [0, 0.05) is 16.2 Å². The Morgan fingerprint density at radius 2 is 1.96 bits per heavy atom. The van der Waals surface area contributed by atoms with Crippen molar-refractivity contribution < 1.29 is 15.0 Å². The number of thioether (sulfide) groups is 1. The lowest BCUT2D eigenvalue weighted by Gasteiger charge is -2.08. The van der Waals surface area contributed by atoms with Gasteiger partial charge >= 0.3 is 0 Å². The third kappa shape index (κ3) is 4.28. The fraction of sp³-hybridized carbons (Fsp3) is 0.0588. The first-order valence-corrected chi connectivity index (χ1v) is 7.64. The van der Waals surface area contributed by atoms with Crippen molar-refractivity contribution in [1.82, 2.24) is 0 Å². The molecule has 0 atom stereocenters. The van der Waals surface area contributed by atoms with Gasteiger partial charge in [0.25, 0.3) is 5.91 Å². The van der Waals surface area contributed by atoms with Gasteiger partial charge in [-0.05, 0) is 35.9 Å². The van der Waals surface area contributed by atoms with Crippen LogP contribution < -0.4 is 5.73 Å². The smallest absolute Gasteiger partial charge is 0.259 e. The summed E-state index contributed by atoms with van der Waals surface area (Å²) < 4.78 is 0. The number of nitriles is 1. The summed E-state index contributed by atoms with van der Waals surface area (Å²) in [6, 6.07) is 14.2. The number of hydrogen-bond acceptors (Lipinski definition) is 5. The first-order valence-electron chi connectivity index (χ1n) is 6.65. The molecule has 0 aliphatic rings. The average molecular weight is 326 g/mol. The molecule has 0 spiro atoms. The van der Waals surface area contributed by atoms with Crippen LogP contribution in [0.25, 0.3) is 6.08 Å². The molecular formula is C17H14N2O3S. The first kappa shape index (κ1) is 16.5. The molecule has 0 fully saturated rings. The summed E-state index contributed by atoms with van der Waals surface area (Å²) in [7, 11) is 0. The lowest BCUT2D eigenvalue weighted by atomic mass is 10.1. The van der Waals surface area contributed by atoms with Crippen molar-refractivity contribution in [2.45, 2.75) is 10.6 Å². The number of phenolic OH excluding ortho intramolecular Hbond substituents is 2. The predicted molar refractivity (Wildman–Crippen MR) is 88.6 cm³/mol. The number of carbonyl (C=O) groups excluding carboxylic acids is 1. The minimum atomic E-state index is -0.847. The molecule has 0 aliphatic carbocycles. The number of carbonyl (C=O) groups is 1. The van der Waals surface area contributed by atoms with Crippen LogP contribution in [0, 0.1) is 11.3 Å². The number of phenols is 2. The van der Waals surface area contributed by atoms with Crippen LogP contribution in [0.15, 0.2) is 52.9 Å². The molecule has 0 heterocycles. The molecular weight excluding hydrogens is 312 g/mol. The number of aromatic hydroxyl groups is 2. The van der Waals surface area contributed by atoms with E-state index in [2.05, 4.69) is 0 Å². The molecule has 4 N–H and O–H groups in total. The lowest BCUT2D eigenvalue weighted by Crippen LogP contribution is -2.12. The van der Waals surface area contributed by atoms with E-state index in [0.29, 0.717) is 16.9 Å². The fourth-order valence-corrected chi connectivity index (χ4v) is 2.79. The van der Waals surface area contributed by atoms with Gasteiger partial charge in [-0.1, -0.05) is 18.2 Å². The average Bonchev–Trinajstić information content (AvgIpc) is 2.55. The highest BCUT2D eigenvalue weighted by molar-refractivity contribution is 7.98. The van der Waals surface area contributed by atoms with Crippen molar-refractivity contribution in [2.75, 3.05) is 0 Å². The van der Waals surface area contributed by atoms with E-state index in [1.807, 2.05) is 30.3 Å². The molecule has 0 aliphatic heterocycles. The molecule has 0 aromatic heterocycles. The van der Waals surface area contributed by atoms with Crippen LogP contribution in [0.1, 0.15) is 11.1 Å². The Morgan fingerprint density at radius 3 is 2.57 bits per heavy atom. The molecule has 0 radical (unpaired) electrons. The summed E-state index contributed by atoms with van der Waals surface area (Å²) in [5.41, 5.74) is 5.77. The van der Waals surface area contributed by atoms with Gasteiger partial charge in [-0.2, -0.15) is 5.26 Å². The molecule has 6 heteroatoms. The van der Waals surface area contributed by atoms with Gasteiger partial charge in [0.2, 0.25) is 0 Å². The highest BCUT2D eigenvalue weighted by Crippen LogP contribution is 2.35. The standard InChI is InChI=1S/C17H14N2O3S/c18-9-12(17(19)22)6-11-7-13(16(21)15(20)8-11)10-23-14-4-2-1-3-5-14/h1-8,20-21H,10H2,(H2,19,22)/b12-6+. The lowest BCUT2D eigenvalue weighted by molar-refractivity contribution is -0.114.